The van der Waals surface area contributed by atoms with E-state index in [4.69, 9.17) is 14.2 Å². The molecule has 8 heteroatoms. The van der Waals surface area contributed by atoms with E-state index in [-0.39, 0.29) is 24.5 Å². The van der Waals surface area contributed by atoms with Gasteiger partial charge in [0.2, 0.25) is 0 Å². The molecule has 36 heavy (non-hydrogen) atoms. The molecular formula is C28H26N2O6. The normalized spacial score (nSPS) is 12.9. The molecule has 8 nitrogen and oxygen atoms in total. The Balaban J connectivity index is 1.30. The SMILES string of the molecule is COc1cc2c(cc1OC)CN(C(=O)COC(=O)Cn1c3ccccc3c(=O)c3ccccc31)CC2. The lowest BCUT2D eigenvalue weighted by Crippen LogP contribution is -2.38. The van der Waals surface area contributed by atoms with Crippen LogP contribution in [0.2, 0.25) is 0 Å². The van der Waals surface area contributed by atoms with Gasteiger partial charge >= 0.3 is 5.97 Å². The minimum absolute atomic E-state index is 0.0828. The summed E-state index contributed by atoms with van der Waals surface area (Å²) in [5, 5.41) is 1.05. The lowest BCUT2D eigenvalue weighted by Gasteiger charge is -2.29. The predicted molar refractivity (Wildman–Crippen MR) is 135 cm³/mol. The average Bonchev–Trinajstić information content (AvgIpc) is 2.92. The van der Waals surface area contributed by atoms with Gasteiger partial charge < -0.3 is 23.7 Å². The molecule has 2 heterocycles. The van der Waals surface area contributed by atoms with Gasteiger partial charge in [-0.05, 0) is 53.9 Å². The summed E-state index contributed by atoms with van der Waals surface area (Å²) in [6, 6.07) is 18.1. The van der Waals surface area contributed by atoms with Crippen LogP contribution in [0.4, 0.5) is 0 Å². The van der Waals surface area contributed by atoms with Gasteiger partial charge in [-0.1, -0.05) is 24.3 Å². The van der Waals surface area contributed by atoms with E-state index >= 15 is 0 Å². The molecule has 0 unspecified atom stereocenters. The van der Waals surface area contributed by atoms with Crippen LogP contribution in [0.25, 0.3) is 21.8 Å². The van der Waals surface area contributed by atoms with Crippen LogP contribution in [0.3, 0.4) is 0 Å². The number of benzene rings is 3. The summed E-state index contributed by atoms with van der Waals surface area (Å²) < 4.78 is 17.9. The molecule has 0 bridgehead atoms. The molecule has 1 aliphatic heterocycles. The fraction of sp³-hybridized carbons (Fsp3) is 0.250. The van der Waals surface area contributed by atoms with E-state index in [9.17, 15) is 14.4 Å². The van der Waals surface area contributed by atoms with Gasteiger partial charge in [-0.2, -0.15) is 0 Å². The minimum atomic E-state index is -0.550. The number of amides is 1. The summed E-state index contributed by atoms with van der Waals surface area (Å²) in [4.78, 5) is 40.2. The van der Waals surface area contributed by atoms with E-state index in [2.05, 4.69) is 0 Å². The third-order valence-corrected chi connectivity index (χ3v) is 6.59. The van der Waals surface area contributed by atoms with E-state index in [1.165, 1.54) is 0 Å². The fourth-order valence-corrected chi connectivity index (χ4v) is 4.75. The second-order valence-corrected chi connectivity index (χ2v) is 8.65. The number of esters is 1. The summed E-state index contributed by atoms with van der Waals surface area (Å²) in [6.07, 6.45) is 0.671. The van der Waals surface area contributed by atoms with Gasteiger partial charge in [0.05, 0.1) is 25.3 Å². The van der Waals surface area contributed by atoms with E-state index in [1.807, 2.05) is 24.3 Å². The first-order valence-electron chi connectivity index (χ1n) is 11.7. The van der Waals surface area contributed by atoms with Crippen molar-refractivity contribution in [2.75, 3.05) is 27.4 Å². The number of para-hydroxylation sites is 2. The first-order chi connectivity index (χ1) is 17.5. The Morgan fingerprint density at radius 3 is 2.06 bits per heavy atom. The van der Waals surface area contributed by atoms with Crippen LogP contribution in [-0.2, 0) is 33.8 Å². The molecule has 0 radical (unpaired) electrons. The van der Waals surface area contributed by atoms with Crippen molar-refractivity contribution in [3.63, 3.8) is 0 Å². The number of nitrogens with zero attached hydrogens (tertiary/aromatic N) is 2. The average molecular weight is 487 g/mol. The summed E-state index contributed by atoms with van der Waals surface area (Å²) >= 11 is 0. The molecule has 5 rings (SSSR count). The monoisotopic (exact) mass is 486 g/mol. The predicted octanol–water partition coefficient (Wildman–Crippen LogP) is 3.30. The molecule has 0 N–H and O–H groups in total. The largest absolute Gasteiger partial charge is 0.493 e. The molecule has 0 saturated carbocycles. The highest BCUT2D eigenvalue weighted by molar-refractivity contribution is 5.94. The lowest BCUT2D eigenvalue weighted by molar-refractivity contribution is -0.152. The molecule has 184 valence electrons. The molecule has 3 aromatic carbocycles. The van der Waals surface area contributed by atoms with Crippen LogP contribution in [-0.4, -0.2) is 48.7 Å². The maximum Gasteiger partial charge on any atom is 0.326 e. The number of carbonyl (C=O) groups excluding carboxylic acids is 2. The molecule has 1 amide bonds. The van der Waals surface area contributed by atoms with Gasteiger partial charge in [0.1, 0.15) is 6.54 Å². The van der Waals surface area contributed by atoms with E-state index in [0.717, 1.165) is 11.1 Å². The van der Waals surface area contributed by atoms with E-state index in [1.54, 1.807) is 60.1 Å². The third-order valence-electron chi connectivity index (χ3n) is 6.59. The first-order valence-corrected chi connectivity index (χ1v) is 11.7. The molecule has 0 spiro atoms. The van der Waals surface area contributed by atoms with Gasteiger partial charge in [-0.15, -0.1) is 0 Å². The van der Waals surface area contributed by atoms with Gasteiger partial charge in [0.25, 0.3) is 5.91 Å². The number of ether oxygens (including phenoxy) is 3. The number of carbonyl (C=O) groups is 2. The highest BCUT2D eigenvalue weighted by atomic mass is 16.5. The maximum atomic E-state index is 12.9. The Labute approximate surface area is 207 Å². The zero-order valence-electron chi connectivity index (χ0n) is 20.2. The van der Waals surface area contributed by atoms with Crippen molar-refractivity contribution < 1.29 is 23.8 Å². The Bertz CT molecular complexity index is 1480. The second-order valence-electron chi connectivity index (χ2n) is 8.65. The molecule has 0 atom stereocenters. The Morgan fingerprint density at radius 2 is 1.44 bits per heavy atom. The van der Waals surface area contributed by atoms with Crippen molar-refractivity contribution in [3.8, 4) is 11.5 Å². The topological polar surface area (TPSA) is 87.1 Å². The fourth-order valence-electron chi connectivity index (χ4n) is 4.75. The van der Waals surface area contributed by atoms with Crippen LogP contribution in [0, 0.1) is 0 Å². The van der Waals surface area contributed by atoms with Gasteiger partial charge in [-0.25, -0.2) is 0 Å². The lowest BCUT2D eigenvalue weighted by atomic mass is 9.99. The first kappa shape index (κ1) is 23.4. The van der Waals surface area contributed by atoms with Gasteiger partial charge in [0, 0.05) is 23.9 Å². The van der Waals surface area contributed by atoms with Gasteiger partial charge in [0.15, 0.2) is 23.5 Å². The second kappa shape index (κ2) is 9.73. The van der Waals surface area contributed by atoms with Crippen molar-refractivity contribution in [1.29, 1.82) is 0 Å². The van der Waals surface area contributed by atoms with Crippen LogP contribution >= 0.6 is 0 Å². The standard InChI is InChI=1S/C28H26N2O6/c1-34-24-13-18-11-12-29(15-19(18)14-25(24)35-2)26(31)17-36-27(32)16-30-22-9-5-3-7-20(22)28(33)21-8-4-6-10-23(21)30/h3-10,13-14H,11-12,15-17H2,1-2H3. The van der Waals surface area contributed by atoms with Gasteiger partial charge in [-0.3, -0.25) is 14.4 Å². The Morgan fingerprint density at radius 1 is 0.861 bits per heavy atom. The summed E-state index contributed by atoms with van der Waals surface area (Å²) in [6.45, 7) is 0.459. The number of pyridine rings is 1. The molecule has 1 aliphatic rings. The quantitative estimate of drug-likeness (QED) is 0.307. The number of rotatable bonds is 6. The van der Waals surface area contributed by atoms with E-state index in [0.29, 0.717) is 52.8 Å². The van der Waals surface area contributed by atoms with Crippen molar-refractivity contribution in [1.82, 2.24) is 9.47 Å². The highest BCUT2D eigenvalue weighted by Crippen LogP contribution is 2.33. The van der Waals surface area contributed by atoms with Crippen LogP contribution in [0.15, 0.2) is 65.5 Å². The number of methoxy groups -OCH3 is 2. The summed E-state index contributed by atoms with van der Waals surface area (Å²) in [5.41, 5.74) is 3.28. The Hall–Kier alpha value is -4.33. The van der Waals surface area contributed by atoms with Crippen LogP contribution in [0.1, 0.15) is 11.1 Å². The smallest absolute Gasteiger partial charge is 0.326 e. The van der Waals surface area contributed by atoms with Crippen LogP contribution < -0.4 is 14.9 Å². The number of fused-ring (bicyclic) bond motifs is 3. The molecule has 0 aliphatic carbocycles. The Kier molecular flexibility index (Phi) is 6.33. The van der Waals surface area contributed by atoms with Crippen LogP contribution in [0.5, 0.6) is 11.5 Å². The van der Waals surface area contributed by atoms with Crippen molar-refractivity contribution >= 4 is 33.7 Å². The number of hydrogen-bond donors (Lipinski definition) is 0. The maximum absolute atomic E-state index is 12.9. The van der Waals surface area contributed by atoms with Crippen molar-refractivity contribution in [3.05, 3.63) is 82.0 Å². The zero-order valence-corrected chi connectivity index (χ0v) is 20.2. The molecule has 1 aromatic heterocycles. The zero-order chi connectivity index (χ0) is 25.2. The van der Waals surface area contributed by atoms with Crippen molar-refractivity contribution in [2.24, 2.45) is 0 Å². The highest BCUT2D eigenvalue weighted by Gasteiger charge is 2.24. The summed E-state index contributed by atoms with van der Waals surface area (Å²) in [5.74, 6) is 0.453. The minimum Gasteiger partial charge on any atom is -0.493 e. The number of hydrogen-bond acceptors (Lipinski definition) is 6. The molecule has 0 saturated heterocycles. The third kappa shape index (κ3) is 4.26. The summed E-state index contributed by atoms with van der Waals surface area (Å²) in [7, 11) is 3.17. The van der Waals surface area contributed by atoms with E-state index < -0.39 is 5.97 Å². The molecule has 4 aromatic rings. The molecular weight excluding hydrogens is 460 g/mol. The van der Waals surface area contributed by atoms with Crippen molar-refractivity contribution in [2.45, 2.75) is 19.5 Å². The molecule has 0 fully saturated rings. The number of aromatic nitrogens is 1.